The molecule has 0 amide bonds. The van der Waals surface area contributed by atoms with Gasteiger partial charge in [-0.2, -0.15) is 0 Å². The molecule has 10 atom stereocenters. The van der Waals surface area contributed by atoms with Crippen molar-refractivity contribution in [1.29, 1.82) is 0 Å². The molecule has 3 aliphatic rings. The molecule has 0 aromatic rings. The van der Waals surface area contributed by atoms with Gasteiger partial charge in [-0.25, -0.2) is 0 Å². The number of rotatable bonds is 4. The Bertz CT molecular complexity index is 535. The highest BCUT2D eigenvalue weighted by Crippen LogP contribution is 2.46. The highest BCUT2D eigenvalue weighted by molar-refractivity contribution is 5.27. The average Bonchev–Trinajstić information content (AvgIpc) is 2.84. The zero-order valence-corrected chi connectivity index (χ0v) is 14.5. The third-order valence-corrected chi connectivity index (χ3v) is 5.24. The summed E-state index contributed by atoms with van der Waals surface area (Å²) in [6, 6.07) is 0. The maximum atomic E-state index is 10.6. The second kappa shape index (κ2) is 7.40. The molecule has 3 rings (SSSR count). The molecule has 2 aliphatic heterocycles. The largest absolute Gasteiger partial charge is 0.394 e. The topological polar surface area (TPSA) is 158 Å². The average molecular weight is 378 g/mol. The third kappa shape index (κ3) is 3.42. The molecule has 2 heterocycles. The predicted molar refractivity (Wildman–Crippen MR) is 83.3 cm³/mol. The summed E-state index contributed by atoms with van der Waals surface area (Å²) in [5.41, 5.74) is -0.856. The quantitative estimate of drug-likeness (QED) is 0.282. The molecule has 10 heteroatoms. The Kier molecular flexibility index (Phi) is 5.71. The summed E-state index contributed by atoms with van der Waals surface area (Å²) in [5, 5.41) is 60.0. The standard InChI is InChI=1S/C16H26O10/c1-16(22)4-7(18)6-3-9(23-2)25-14(10(6)16)26-15-13(21)12(20)11(19)8(5-17)24-15/h3,7-15,17-22H,4-5H2,1-2H3/t7-,8+,9+,10+,11+,12-,13+,14-,15-,16-/m0/s1. The van der Waals surface area contributed by atoms with E-state index in [2.05, 4.69) is 0 Å². The Morgan fingerprint density at radius 3 is 2.42 bits per heavy atom. The maximum Gasteiger partial charge on any atom is 0.189 e. The van der Waals surface area contributed by atoms with Crippen LogP contribution < -0.4 is 0 Å². The SMILES string of the molecule is CO[C@H]1C=C2[C@H]([C@H](O[C@@H]3O[C@H](CO)[C@@H](O)[C@H](O)[C@H]3O)O1)[C@@](C)(O)C[C@@H]2O. The number of aliphatic hydroxyl groups excluding tert-OH is 5. The Hall–Kier alpha value is -0.660. The van der Waals surface area contributed by atoms with Crippen LogP contribution in [0.3, 0.4) is 0 Å². The van der Waals surface area contributed by atoms with Gasteiger partial charge in [-0.3, -0.25) is 0 Å². The molecule has 6 N–H and O–H groups in total. The first kappa shape index (κ1) is 20.1. The molecule has 0 unspecified atom stereocenters. The molecule has 0 aromatic carbocycles. The number of aliphatic hydroxyl groups is 6. The van der Waals surface area contributed by atoms with Gasteiger partial charge in [0.1, 0.15) is 24.4 Å². The summed E-state index contributed by atoms with van der Waals surface area (Å²) in [4.78, 5) is 0. The zero-order valence-electron chi connectivity index (χ0n) is 14.5. The minimum atomic E-state index is -1.61. The summed E-state index contributed by atoms with van der Waals surface area (Å²) in [5.74, 6) is -0.753. The molecule has 26 heavy (non-hydrogen) atoms. The lowest BCUT2D eigenvalue weighted by molar-refractivity contribution is -0.362. The number of fused-ring (bicyclic) bond motifs is 1. The minimum absolute atomic E-state index is 0.0673. The lowest BCUT2D eigenvalue weighted by Gasteiger charge is -2.44. The first-order chi connectivity index (χ1) is 12.2. The van der Waals surface area contributed by atoms with Crippen molar-refractivity contribution in [3.8, 4) is 0 Å². The van der Waals surface area contributed by atoms with Gasteiger partial charge in [-0.1, -0.05) is 0 Å². The minimum Gasteiger partial charge on any atom is -0.394 e. The van der Waals surface area contributed by atoms with E-state index < -0.39 is 67.5 Å². The van der Waals surface area contributed by atoms with E-state index in [0.717, 1.165) is 0 Å². The van der Waals surface area contributed by atoms with Crippen LogP contribution >= 0.6 is 0 Å². The Balaban J connectivity index is 1.82. The van der Waals surface area contributed by atoms with E-state index in [4.69, 9.17) is 18.9 Å². The highest BCUT2D eigenvalue weighted by atomic mass is 16.8. The smallest absolute Gasteiger partial charge is 0.189 e. The van der Waals surface area contributed by atoms with Crippen LogP contribution in [-0.2, 0) is 18.9 Å². The lowest BCUT2D eigenvalue weighted by atomic mass is 9.88. The zero-order chi connectivity index (χ0) is 19.2. The van der Waals surface area contributed by atoms with Crippen LogP contribution in [-0.4, -0.2) is 99.3 Å². The molecule has 0 aromatic heterocycles. The van der Waals surface area contributed by atoms with Gasteiger partial charge < -0.3 is 49.6 Å². The Morgan fingerprint density at radius 1 is 1.12 bits per heavy atom. The predicted octanol–water partition coefficient (Wildman–Crippen LogP) is -2.81. The molecular formula is C16H26O10. The van der Waals surface area contributed by atoms with Crippen molar-refractivity contribution < 1.29 is 49.6 Å². The van der Waals surface area contributed by atoms with E-state index in [-0.39, 0.29) is 6.42 Å². The van der Waals surface area contributed by atoms with Crippen LogP contribution in [0.5, 0.6) is 0 Å². The van der Waals surface area contributed by atoms with Gasteiger partial charge in [0.05, 0.1) is 24.2 Å². The van der Waals surface area contributed by atoms with Crippen molar-refractivity contribution in [2.75, 3.05) is 13.7 Å². The van der Waals surface area contributed by atoms with Gasteiger partial charge in [-0.05, 0) is 18.6 Å². The van der Waals surface area contributed by atoms with Crippen molar-refractivity contribution in [2.45, 2.75) is 68.3 Å². The molecule has 0 bridgehead atoms. The summed E-state index contributed by atoms with van der Waals surface area (Å²) in [7, 11) is 1.40. The van der Waals surface area contributed by atoms with Gasteiger partial charge in [0.25, 0.3) is 0 Å². The van der Waals surface area contributed by atoms with E-state index in [1.165, 1.54) is 14.0 Å². The number of hydrogen-bond donors (Lipinski definition) is 6. The second-order valence-corrected chi connectivity index (χ2v) is 7.16. The molecular weight excluding hydrogens is 352 g/mol. The Labute approximate surface area is 150 Å². The van der Waals surface area contributed by atoms with Crippen LogP contribution in [0.4, 0.5) is 0 Å². The second-order valence-electron chi connectivity index (χ2n) is 7.16. The van der Waals surface area contributed by atoms with Crippen LogP contribution in [0, 0.1) is 5.92 Å². The maximum absolute atomic E-state index is 10.6. The van der Waals surface area contributed by atoms with Crippen molar-refractivity contribution in [3.63, 3.8) is 0 Å². The molecule has 1 saturated heterocycles. The van der Waals surface area contributed by atoms with Gasteiger partial charge in [0.2, 0.25) is 0 Å². The summed E-state index contributed by atoms with van der Waals surface area (Å²) >= 11 is 0. The van der Waals surface area contributed by atoms with Gasteiger partial charge >= 0.3 is 0 Å². The van der Waals surface area contributed by atoms with Crippen LogP contribution in [0.2, 0.25) is 0 Å². The fraction of sp³-hybridized carbons (Fsp3) is 0.875. The van der Waals surface area contributed by atoms with Crippen LogP contribution in [0.25, 0.3) is 0 Å². The van der Waals surface area contributed by atoms with Crippen molar-refractivity contribution in [3.05, 3.63) is 11.6 Å². The van der Waals surface area contributed by atoms with E-state index in [9.17, 15) is 30.6 Å². The van der Waals surface area contributed by atoms with Crippen molar-refractivity contribution >= 4 is 0 Å². The third-order valence-electron chi connectivity index (χ3n) is 5.24. The lowest BCUT2D eigenvalue weighted by Crippen LogP contribution is -2.60. The summed E-state index contributed by atoms with van der Waals surface area (Å²) in [6.45, 7) is 0.934. The molecule has 0 radical (unpaired) electrons. The van der Waals surface area contributed by atoms with Gasteiger partial charge in [0.15, 0.2) is 18.9 Å². The monoisotopic (exact) mass is 378 g/mol. The van der Waals surface area contributed by atoms with Gasteiger partial charge in [-0.15, -0.1) is 0 Å². The van der Waals surface area contributed by atoms with Crippen LogP contribution in [0.1, 0.15) is 13.3 Å². The fourth-order valence-electron chi connectivity index (χ4n) is 3.82. The first-order valence-corrected chi connectivity index (χ1v) is 8.46. The fourth-order valence-corrected chi connectivity index (χ4v) is 3.82. The van der Waals surface area contributed by atoms with E-state index >= 15 is 0 Å². The molecule has 1 aliphatic carbocycles. The van der Waals surface area contributed by atoms with E-state index in [1.54, 1.807) is 6.08 Å². The molecule has 0 spiro atoms. The van der Waals surface area contributed by atoms with Crippen molar-refractivity contribution in [2.24, 2.45) is 5.92 Å². The summed E-state index contributed by atoms with van der Waals surface area (Å²) in [6.07, 6.45) is -8.57. The van der Waals surface area contributed by atoms with Gasteiger partial charge in [0, 0.05) is 13.5 Å². The molecule has 1 saturated carbocycles. The summed E-state index contributed by atoms with van der Waals surface area (Å²) < 4.78 is 21.8. The van der Waals surface area contributed by atoms with E-state index in [1.807, 2.05) is 0 Å². The first-order valence-electron chi connectivity index (χ1n) is 8.46. The van der Waals surface area contributed by atoms with E-state index in [0.29, 0.717) is 5.57 Å². The normalized spacial score (nSPS) is 51.8. The number of ether oxygens (including phenoxy) is 4. The number of hydrogen-bond acceptors (Lipinski definition) is 10. The number of methoxy groups -OCH3 is 1. The highest BCUT2D eigenvalue weighted by Gasteiger charge is 2.55. The molecule has 2 fully saturated rings. The Morgan fingerprint density at radius 2 is 1.81 bits per heavy atom. The van der Waals surface area contributed by atoms with Crippen LogP contribution in [0.15, 0.2) is 11.6 Å². The molecule has 10 nitrogen and oxygen atoms in total. The molecule has 150 valence electrons. The van der Waals surface area contributed by atoms with Crippen molar-refractivity contribution in [1.82, 2.24) is 0 Å².